The van der Waals surface area contributed by atoms with Gasteiger partial charge in [-0.05, 0) is 42.8 Å². The van der Waals surface area contributed by atoms with Crippen LogP contribution in [0.4, 0.5) is 0 Å². The molecule has 1 heterocycles. The number of carbonyl (C=O) groups is 1. The van der Waals surface area contributed by atoms with Gasteiger partial charge in [-0.15, -0.1) is 0 Å². The number of benzene rings is 2. The lowest BCUT2D eigenvalue weighted by Crippen LogP contribution is -2.10. The first-order valence-electron chi connectivity index (χ1n) is 8.59. The first-order chi connectivity index (χ1) is 12.2. The van der Waals surface area contributed by atoms with Crippen LogP contribution < -0.4 is 4.74 Å². The van der Waals surface area contributed by atoms with Crippen LogP contribution in [0.2, 0.25) is 0 Å². The summed E-state index contributed by atoms with van der Waals surface area (Å²) in [5.41, 5.74) is 2.48. The second-order valence-electron chi connectivity index (χ2n) is 5.98. The number of carboxylic acid groups (broad SMARTS) is 1. The van der Waals surface area contributed by atoms with E-state index in [0.717, 1.165) is 35.2 Å². The first-order valence-corrected chi connectivity index (χ1v) is 8.59. The third kappa shape index (κ3) is 3.99. The van der Waals surface area contributed by atoms with E-state index in [-0.39, 0.29) is 6.54 Å². The van der Waals surface area contributed by atoms with Crippen molar-refractivity contribution in [3.63, 3.8) is 0 Å². The number of imidazole rings is 1. The van der Waals surface area contributed by atoms with E-state index in [1.54, 1.807) is 4.57 Å². The Bertz CT molecular complexity index is 853. The van der Waals surface area contributed by atoms with Crippen LogP contribution in [0.3, 0.4) is 0 Å². The summed E-state index contributed by atoms with van der Waals surface area (Å²) in [6.45, 7) is 2.76. The number of aromatic nitrogens is 2. The van der Waals surface area contributed by atoms with E-state index in [9.17, 15) is 9.90 Å². The fourth-order valence-corrected chi connectivity index (χ4v) is 2.83. The van der Waals surface area contributed by atoms with E-state index in [1.807, 2.05) is 48.5 Å². The molecular weight excluding hydrogens is 316 g/mol. The molecule has 0 aliphatic carbocycles. The Hall–Kier alpha value is -2.82. The second-order valence-corrected chi connectivity index (χ2v) is 5.98. The summed E-state index contributed by atoms with van der Waals surface area (Å²) in [6.07, 6.45) is 3.38. The summed E-state index contributed by atoms with van der Waals surface area (Å²) >= 11 is 0. The van der Waals surface area contributed by atoms with Crippen LogP contribution in [0.15, 0.2) is 48.5 Å². The smallest absolute Gasteiger partial charge is 0.323 e. The molecule has 0 radical (unpaired) electrons. The van der Waals surface area contributed by atoms with Gasteiger partial charge < -0.3 is 14.4 Å². The van der Waals surface area contributed by atoms with Crippen LogP contribution >= 0.6 is 0 Å². The first kappa shape index (κ1) is 17.0. The van der Waals surface area contributed by atoms with Gasteiger partial charge in [0, 0.05) is 5.56 Å². The number of rotatable bonds is 8. The Morgan fingerprint density at radius 2 is 1.88 bits per heavy atom. The van der Waals surface area contributed by atoms with Crippen LogP contribution in [0.5, 0.6) is 5.75 Å². The Labute approximate surface area is 146 Å². The Morgan fingerprint density at radius 1 is 1.12 bits per heavy atom. The van der Waals surface area contributed by atoms with Crippen molar-refractivity contribution in [3.8, 4) is 17.1 Å². The second kappa shape index (κ2) is 7.83. The fourth-order valence-electron chi connectivity index (χ4n) is 2.83. The van der Waals surface area contributed by atoms with Gasteiger partial charge in [0.25, 0.3) is 0 Å². The number of ether oxygens (including phenoxy) is 1. The standard InChI is InChI=1S/C20H22N2O3/c1-2-3-6-13-25-16-11-9-15(10-12-16)20-21-17-7-4-5-8-18(17)22(20)14-19(23)24/h4-5,7-12H,2-3,6,13-14H2,1H3,(H,23,24). The summed E-state index contributed by atoms with van der Waals surface area (Å²) in [7, 11) is 0. The molecule has 0 aliphatic rings. The fraction of sp³-hybridized carbons (Fsp3) is 0.300. The lowest BCUT2D eigenvalue weighted by Gasteiger charge is -2.09. The number of fused-ring (bicyclic) bond motifs is 1. The molecule has 0 bridgehead atoms. The third-order valence-electron chi connectivity index (χ3n) is 4.08. The van der Waals surface area contributed by atoms with Gasteiger partial charge in [-0.25, -0.2) is 4.98 Å². The lowest BCUT2D eigenvalue weighted by atomic mass is 10.2. The van der Waals surface area contributed by atoms with Gasteiger partial charge in [0.15, 0.2) is 0 Å². The average Bonchev–Trinajstić information content (AvgIpc) is 2.97. The highest BCUT2D eigenvalue weighted by Gasteiger charge is 2.14. The van der Waals surface area contributed by atoms with E-state index < -0.39 is 5.97 Å². The zero-order valence-electron chi connectivity index (χ0n) is 14.3. The Kier molecular flexibility index (Phi) is 5.33. The van der Waals surface area contributed by atoms with E-state index in [2.05, 4.69) is 11.9 Å². The van der Waals surface area contributed by atoms with E-state index in [4.69, 9.17) is 4.74 Å². The topological polar surface area (TPSA) is 64.4 Å². The highest BCUT2D eigenvalue weighted by Crippen LogP contribution is 2.26. The minimum absolute atomic E-state index is 0.120. The van der Waals surface area contributed by atoms with Crippen LogP contribution in [0.1, 0.15) is 26.2 Å². The number of hydrogen-bond donors (Lipinski definition) is 1. The highest BCUT2D eigenvalue weighted by atomic mass is 16.5. The maximum Gasteiger partial charge on any atom is 0.323 e. The molecular formula is C20H22N2O3. The molecule has 0 atom stereocenters. The van der Waals surface area contributed by atoms with Crippen molar-refractivity contribution in [1.82, 2.24) is 9.55 Å². The molecule has 0 spiro atoms. The number of unbranched alkanes of at least 4 members (excludes halogenated alkanes) is 2. The van der Waals surface area contributed by atoms with E-state index in [1.165, 1.54) is 6.42 Å². The maximum atomic E-state index is 11.3. The summed E-state index contributed by atoms with van der Waals surface area (Å²) < 4.78 is 7.46. The number of aliphatic carboxylic acids is 1. The minimum atomic E-state index is -0.889. The van der Waals surface area contributed by atoms with Crippen LogP contribution in [0.25, 0.3) is 22.4 Å². The SMILES string of the molecule is CCCCCOc1ccc(-c2nc3ccccc3n2CC(=O)O)cc1. The van der Waals surface area contributed by atoms with Crippen LogP contribution in [-0.2, 0) is 11.3 Å². The average molecular weight is 338 g/mol. The summed E-state index contributed by atoms with van der Waals surface area (Å²) in [5.74, 6) is 0.585. The van der Waals surface area contributed by atoms with Crippen LogP contribution in [0, 0.1) is 0 Å². The summed E-state index contributed by atoms with van der Waals surface area (Å²) in [6, 6.07) is 15.2. The highest BCUT2D eigenvalue weighted by molar-refractivity contribution is 5.82. The molecule has 0 unspecified atom stereocenters. The molecule has 5 heteroatoms. The van der Waals surface area contributed by atoms with Crippen molar-refractivity contribution in [1.29, 1.82) is 0 Å². The van der Waals surface area contributed by atoms with Crippen molar-refractivity contribution < 1.29 is 14.6 Å². The zero-order chi connectivity index (χ0) is 17.6. The zero-order valence-corrected chi connectivity index (χ0v) is 14.3. The number of carboxylic acids is 1. The predicted octanol–water partition coefficient (Wildman–Crippen LogP) is 4.36. The van der Waals surface area contributed by atoms with Crippen LogP contribution in [-0.4, -0.2) is 27.2 Å². The molecule has 1 N–H and O–H groups in total. The third-order valence-corrected chi connectivity index (χ3v) is 4.08. The molecule has 25 heavy (non-hydrogen) atoms. The maximum absolute atomic E-state index is 11.3. The van der Waals surface area contributed by atoms with Crippen molar-refractivity contribution in [3.05, 3.63) is 48.5 Å². The molecule has 0 saturated heterocycles. The van der Waals surface area contributed by atoms with Gasteiger partial charge in [0.05, 0.1) is 17.6 Å². The molecule has 5 nitrogen and oxygen atoms in total. The van der Waals surface area contributed by atoms with Crippen molar-refractivity contribution >= 4 is 17.0 Å². The van der Waals surface area contributed by atoms with Gasteiger partial charge in [0.1, 0.15) is 18.1 Å². The minimum Gasteiger partial charge on any atom is -0.494 e. The molecule has 0 amide bonds. The molecule has 0 fully saturated rings. The molecule has 0 saturated carbocycles. The van der Waals surface area contributed by atoms with Gasteiger partial charge in [0.2, 0.25) is 0 Å². The van der Waals surface area contributed by atoms with Gasteiger partial charge >= 0.3 is 5.97 Å². The normalized spacial score (nSPS) is 10.9. The van der Waals surface area contributed by atoms with E-state index in [0.29, 0.717) is 12.4 Å². The van der Waals surface area contributed by atoms with Gasteiger partial charge in [-0.2, -0.15) is 0 Å². The van der Waals surface area contributed by atoms with Gasteiger partial charge in [-0.1, -0.05) is 31.9 Å². The quantitative estimate of drug-likeness (QED) is 0.620. The number of para-hydroxylation sites is 2. The summed E-state index contributed by atoms with van der Waals surface area (Å²) in [5, 5.41) is 9.23. The van der Waals surface area contributed by atoms with Crippen molar-refractivity contribution in [2.45, 2.75) is 32.7 Å². The summed E-state index contributed by atoms with van der Waals surface area (Å²) in [4.78, 5) is 15.9. The number of hydrogen-bond acceptors (Lipinski definition) is 3. The van der Waals surface area contributed by atoms with Crippen molar-refractivity contribution in [2.24, 2.45) is 0 Å². The van der Waals surface area contributed by atoms with Crippen molar-refractivity contribution in [2.75, 3.05) is 6.61 Å². The Balaban J connectivity index is 1.87. The molecule has 130 valence electrons. The molecule has 3 aromatic rings. The molecule has 2 aromatic carbocycles. The largest absolute Gasteiger partial charge is 0.494 e. The van der Waals surface area contributed by atoms with E-state index >= 15 is 0 Å². The van der Waals surface area contributed by atoms with Gasteiger partial charge in [-0.3, -0.25) is 4.79 Å². The molecule has 0 aliphatic heterocycles. The molecule has 1 aromatic heterocycles. The lowest BCUT2D eigenvalue weighted by molar-refractivity contribution is -0.137. The monoisotopic (exact) mass is 338 g/mol. The number of nitrogens with zero attached hydrogens (tertiary/aromatic N) is 2. The Morgan fingerprint density at radius 3 is 2.60 bits per heavy atom. The predicted molar refractivity (Wildman–Crippen MR) is 97.8 cm³/mol. The molecule has 3 rings (SSSR count).